The highest BCUT2D eigenvalue weighted by Gasteiger charge is 2.25. The van der Waals surface area contributed by atoms with Crippen molar-refractivity contribution in [3.8, 4) is 0 Å². The van der Waals surface area contributed by atoms with E-state index in [0.717, 1.165) is 0 Å². The van der Waals surface area contributed by atoms with E-state index in [1.54, 1.807) is 30.3 Å². The van der Waals surface area contributed by atoms with Gasteiger partial charge in [-0.25, -0.2) is 9.18 Å². The second kappa shape index (κ2) is 4.00. The Morgan fingerprint density at radius 1 is 1.38 bits per heavy atom. The Morgan fingerprint density at radius 2 is 1.92 bits per heavy atom. The van der Waals surface area contributed by atoms with Crippen molar-refractivity contribution in [1.29, 1.82) is 0 Å². The minimum absolute atomic E-state index is 0.484. The van der Waals surface area contributed by atoms with Crippen LogP contribution < -0.4 is 5.73 Å². The van der Waals surface area contributed by atoms with E-state index in [4.69, 9.17) is 10.8 Å². The quantitative estimate of drug-likeness (QED) is 0.737. The van der Waals surface area contributed by atoms with Crippen LogP contribution in [0.2, 0.25) is 0 Å². The number of hydrogen-bond donors (Lipinski definition) is 2. The predicted molar refractivity (Wildman–Crippen MR) is 45.9 cm³/mol. The zero-order valence-electron chi connectivity index (χ0n) is 6.85. The molecule has 0 aromatic heterocycles. The largest absolute Gasteiger partial charge is 0.479 e. The maximum Gasteiger partial charge on any atom is 0.340 e. The molecule has 2 atom stereocenters. The van der Waals surface area contributed by atoms with Gasteiger partial charge in [0.2, 0.25) is 6.17 Å². The lowest BCUT2D eigenvalue weighted by Gasteiger charge is -2.12. The molecular weight excluding hydrogens is 173 g/mol. The SMILES string of the molecule is NC(c1ccccc1)C(F)C(=O)O. The maximum absolute atomic E-state index is 12.9. The van der Waals surface area contributed by atoms with Crippen LogP contribution in [0.15, 0.2) is 30.3 Å². The van der Waals surface area contributed by atoms with Gasteiger partial charge in [0.25, 0.3) is 0 Å². The van der Waals surface area contributed by atoms with Crippen molar-refractivity contribution < 1.29 is 14.3 Å². The Labute approximate surface area is 75.0 Å². The lowest BCUT2D eigenvalue weighted by Crippen LogP contribution is -2.29. The van der Waals surface area contributed by atoms with Gasteiger partial charge < -0.3 is 10.8 Å². The Hall–Kier alpha value is -1.42. The van der Waals surface area contributed by atoms with E-state index in [9.17, 15) is 9.18 Å². The number of aliphatic carboxylic acids is 1. The summed E-state index contributed by atoms with van der Waals surface area (Å²) in [5.41, 5.74) is 5.87. The van der Waals surface area contributed by atoms with E-state index in [0.29, 0.717) is 5.56 Å². The Bertz CT molecular complexity index is 289. The fourth-order valence-electron chi connectivity index (χ4n) is 0.998. The Morgan fingerprint density at radius 3 is 2.38 bits per heavy atom. The van der Waals surface area contributed by atoms with Crippen molar-refractivity contribution in [3.63, 3.8) is 0 Å². The highest BCUT2D eigenvalue weighted by atomic mass is 19.1. The van der Waals surface area contributed by atoms with Crippen LogP contribution in [0.3, 0.4) is 0 Å². The van der Waals surface area contributed by atoms with Crippen molar-refractivity contribution in [2.24, 2.45) is 5.73 Å². The van der Waals surface area contributed by atoms with Crippen molar-refractivity contribution in [2.45, 2.75) is 12.2 Å². The van der Waals surface area contributed by atoms with Gasteiger partial charge >= 0.3 is 5.97 Å². The molecule has 0 aliphatic heterocycles. The third-order valence-electron chi connectivity index (χ3n) is 1.74. The number of carbonyl (C=O) groups is 1. The van der Waals surface area contributed by atoms with Gasteiger partial charge in [0.1, 0.15) is 0 Å². The molecule has 1 aromatic carbocycles. The first-order valence-electron chi connectivity index (χ1n) is 3.80. The average Bonchev–Trinajstić information content (AvgIpc) is 2.17. The minimum Gasteiger partial charge on any atom is -0.479 e. The Balaban J connectivity index is 2.79. The van der Waals surface area contributed by atoms with Gasteiger partial charge in [0.05, 0.1) is 6.04 Å². The molecule has 0 aliphatic carbocycles. The summed E-state index contributed by atoms with van der Waals surface area (Å²) in [6, 6.07) is 7.22. The molecular formula is C9H10FNO2. The number of carboxylic acid groups (broad SMARTS) is 1. The molecule has 13 heavy (non-hydrogen) atoms. The molecule has 0 amide bonds. The average molecular weight is 183 g/mol. The van der Waals surface area contributed by atoms with Crippen molar-refractivity contribution in [1.82, 2.24) is 0 Å². The summed E-state index contributed by atoms with van der Waals surface area (Å²) in [7, 11) is 0. The summed E-state index contributed by atoms with van der Waals surface area (Å²) in [5, 5.41) is 8.36. The van der Waals surface area contributed by atoms with Gasteiger partial charge in [-0.15, -0.1) is 0 Å². The molecule has 3 nitrogen and oxygen atoms in total. The lowest BCUT2D eigenvalue weighted by molar-refractivity contribution is -0.143. The Kier molecular flexibility index (Phi) is 2.97. The second-order valence-electron chi connectivity index (χ2n) is 2.68. The minimum atomic E-state index is -2.05. The van der Waals surface area contributed by atoms with Gasteiger partial charge in [0, 0.05) is 0 Å². The summed E-state index contributed by atoms with van der Waals surface area (Å²) in [6.45, 7) is 0. The van der Waals surface area contributed by atoms with Gasteiger partial charge in [-0.1, -0.05) is 30.3 Å². The molecule has 0 saturated carbocycles. The number of carboxylic acids is 1. The zero-order chi connectivity index (χ0) is 9.84. The molecule has 70 valence electrons. The molecule has 0 heterocycles. The third-order valence-corrected chi connectivity index (χ3v) is 1.74. The standard InChI is InChI=1S/C9H10FNO2/c10-7(9(12)13)8(11)6-4-2-1-3-5-6/h1-5,7-8H,11H2,(H,12,13). The number of alkyl halides is 1. The molecule has 1 rings (SSSR count). The fourth-order valence-corrected chi connectivity index (χ4v) is 0.998. The zero-order valence-corrected chi connectivity index (χ0v) is 6.85. The van der Waals surface area contributed by atoms with Crippen LogP contribution in [0.5, 0.6) is 0 Å². The topological polar surface area (TPSA) is 63.3 Å². The van der Waals surface area contributed by atoms with E-state index >= 15 is 0 Å². The number of benzene rings is 1. The van der Waals surface area contributed by atoms with E-state index in [1.165, 1.54) is 0 Å². The molecule has 1 aromatic rings. The molecule has 0 fully saturated rings. The molecule has 0 spiro atoms. The second-order valence-corrected chi connectivity index (χ2v) is 2.68. The van der Waals surface area contributed by atoms with Crippen LogP contribution in [-0.2, 0) is 4.79 Å². The molecule has 3 N–H and O–H groups in total. The summed E-state index contributed by atoms with van der Waals surface area (Å²) < 4.78 is 12.9. The number of halogens is 1. The molecule has 0 saturated heterocycles. The van der Waals surface area contributed by atoms with Gasteiger partial charge in [0.15, 0.2) is 0 Å². The van der Waals surface area contributed by atoms with Crippen LogP contribution in [0, 0.1) is 0 Å². The van der Waals surface area contributed by atoms with Crippen LogP contribution in [0.25, 0.3) is 0 Å². The lowest BCUT2D eigenvalue weighted by atomic mass is 10.0. The van der Waals surface area contributed by atoms with Gasteiger partial charge in [-0.05, 0) is 5.56 Å². The van der Waals surface area contributed by atoms with E-state index in [-0.39, 0.29) is 0 Å². The van der Waals surface area contributed by atoms with E-state index in [1.807, 2.05) is 0 Å². The smallest absolute Gasteiger partial charge is 0.340 e. The van der Waals surface area contributed by atoms with Crippen molar-refractivity contribution in [2.75, 3.05) is 0 Å². The maximum atomic E-state index is 12.9. The number of hydrogen-bond acceptors (Lipinski definition) is 2. The predicted octanol–water partition coefficient (Wildman–Crippen LogP) is 1.11. The van der Waals surface area contributed by atoms with Crippen LogP contribution in [0.4, 0.5) is 4.39 Å². The molecule has 2 unspecified atom stereocenters. The van der Waals surface area contributed by atoms with E-state index in [2.05, 4.69) is 0 Å². The molecule has 4 heteroatoms. The first-order valence-corrected chi connectivity index (χ1v) is 3.80. The van der Waals surface area contributed by atoms with Gasteiger partial charge in [-0.2, -0.15) is 0 Å². The monoisotopic (exact) mass is 183 g/mol. The van der Waals surface area contributed by atoms with Crippen LogP contribution >= 0.6 is 0 Å². The first-order chi connectivity index (χ1) is 6.13. The summed E-state index contributed by atoms with van der Waals surface area (Å²) in [4.78, 5) is 10.3. The summed E-state index contributed by atoms with van der Waals surface area (Å²) >= 11 is 0. The first kappa shape index (κ1) is 9.67. The number of rotatable bonds is 3. The van der Waals surface area contributed by atoms with Crippen LogP contribution in [-0.4, -0.2) is 17.2 Å². The van der Waals surface area contributed by atoms with Crippen molar-refractivity contribution >= 4 is 5.97 Å². The highest BCUT2D eigenvalue weighted by Crippen LogP contribution is 2.16. The third kappa shape index (κ3) is 2.26. The molecule has 0 radical (unpaired) electrons. The van der Waals surface area contributed by atoms with Gasteiger partial charge in [-0.3, -0.25) is 0 Å². The summed E-state index contributed by atoms with van der Waals surface area (Å²) in [5.74, 6) is -1.53. The van der Waals surface area contributed by atoms with E-state index < -0.39 is 18.2 Å². The normalized spacial score (nSPS) is 14.9. The highest BCUT2D eigenvalue weighted by molar-refractivity contribution is 5.73. The van der Waals surface area contributed by atoms with Crippen LogP contribution in [0.1, 0.15) is 11.6 Å². The molecule has 0 bridgehead atoms. The van der Waals surface area contributed by atoms with Crippen molar-refractivity contribution in [3.05, 3.63) is 35.9 Å². The molecule has 0 aliphatic rings. The number of nitrogens with two attached hydrogens (primary N) is 1. The fraction of sp³-hybridized carbons (Fsp3) is 0.222. The summed E-state index contributed by atoms with van der Waals surface area (Å²) in [6.07, 6.45) is -2.05.